The van der Waals surface area contributed by atoms with Gasteiger partial charge in [-0.15, -0.1) is 0 Å². The molecule has 0 amide bonds. The van der Waals surface area contributed by atoms with E-state index < -0.39 is 10.1 Å². The summed E-state index contributed by atoms with van der Waals surface area (Å²) in [5, 5.41) is 3.48. The summed E-state index contributed by atoms with van der Waals surface area (Å²) in [5.41, 5.74) is -0.128. The summed E-state index contributed by atoms with van der Waals surface area (Å²) < 4.78 is 31.2. The van der Waals surface area contributed by atoms with Crippen LogP contribution in [0, 0.1) is 11.3 Å². The highest BCUT2D eigenvalue weighted by atomic mass is 32.2. The highest BCUT2D eigenvalue weighted by molar-refractivity contribution is 7.85. The van der Waals surface area contributed by atoms with Crippen molar-refractivity contribution in [1.29, 1.82) is 0 Å². The van der Waals surface area contributed by atoms with Crippen molar-refractivity contribution < 1.29 is 13.0 Å². The van der Waals surface area contributed by atoms with Gasteiger partial charge < -0.3 is 5.32 Å². The van der Waals surface area contributed by atoms with Gasteiger partial charge in [-0.2, -0.15) is 8.42 Å². The van der Waals surface area contributed by atoms with Crippen LogP contribution in [0.3, 0.4) is 0 Å². The average Bonchev–Trinajstić information content (AvgIpc) is 2.22. The predicted molar refractivity (Wildman–Crippen MR) is 74.2 cm³/mol. The quantitative estimate of drug-likeness (QED) is 0.758. The second-order valence-corrected chi connectivity index (χ2v) is 8.05. The second kappa shape index (κ2) is 6.35. The van der Waals surface area contributed by atoms with Crippen molar-refractivity contribution >= 4 is 10.1 Å². The lowest BCUT2D eigenvalue weighted by atomic mass is 9.81. The van der Waals surface area contributed by atoms with E-state index in [1.165, 1.54) is 32.1 Å². The van der Waals surface area contributed by atoms with E-state index in [4.69, 9.17) is 4.55 Å². The third kappa shape index (κ3) is 6.16. The molecule has 1 rings (SSSR count). The van der Waals surface area contributed by atoms with E-state index in [1.807, 2.05) is 20.8 Å². The van der Waals surface area contributed by atoms with Crippen molar-refractivity contribution in [3.63, 3.8) is 0 Å². The van der Waals surface area contributed by atoms with E-state index in [-0.39, 0.29) is 17.1 Å². The molecule has 0 aromatic heterocycles. The molecule has 0 saturated heterocycles. The van der Waals surface area contributed by atoms with E-state index >= 15 is 0 Å². The van der Waals surface area contributed by atoms with Crippen LogP contribution in [0.2, 0.25) is 0 Å². The largest absolute Gasteiger partial charge is 0.314 e. The Hall–Kier alpha value is -0.130. The maximum absolute atomic E-state index is 11.1. The van der Waals surface area contributed by atoms with Crippen LogP contribution in [0.25, 0.3) is 0 Å². The van der Waals surface area contributed by atoms with Gasteiger partial charge in [-0.05, 0) is 30.7 Å². The summed E-state index contributed by atoms with van der Waals surface area (Å²) in [4.78, 5) is 0. The molecule has 1 saturated carbocycles. The fourth-order valence-corrected chi connectivity index (χ4v) is 3.61. The molecule has 1 aliphatic carbocycles. The van der Waals surface area contributed by atoms with Gasteiger partial charge in [0.2, 0.25) is 0 Å². The van der Waals surface area contributed by atoms with Gasteiger partial charge in [-0.1, -0.05) is 40.0 Å². The Morgan fingerprint density at radius 3 is 2.22 bits per heavy atom. The Labute approximate surface area is 111 Å². The lowest BCUT2D eigenvalue weighted by molar-refractivity contribution is 0.234. The van der Waals surface area contributed by atoms with E-state index in [0.717, 1.165) is 0 Å². The smallest absolute Gasteiger partial charge is 0.265 e. The molecule has 2 N–H and O–H groups in total. The van der Waals surface area contributed by atoms with Crippen molar-refractivity contribution in [2.75, 3.05) is 12.3 Å². The minimum absolute atomic E-state index is 0.0607. The zero-order chi connectivity index (χ0) is 13.8. The molecule has 0 heterocycles. The highest BCUT2D eigenvalue weighted by Crippen LogP contribution is 2.27. The second-order valence-electron chi connectivity index (χ2n) is 6.55. The van der Waals surface area contributed by atoms with Gasteiger partial charge in [0, 0.05) is 6.04 Å². The number of hydrogen-bond acceptors (Lipinski definition) is 3. The van der Waals surface area contributed by atoms with Crippen LogP contribution in [-0.4, -0.2) is 31.3 Å². The highest BCUT2D eigenvalue weighted by Gasteiger charge is 2.29. The summed E-state index contributed by atoms with van der Waals surface area (Å²) in [6.45, 7) is 6.72. The first-order chi connectivity index (χ1) is 8.18. The number of hydrogen-bond donors (Lipinski definition) is 2. The van der Waals surface area contributed by atoms with Gasteiger partial charge >= 0.3 is 0 Å². The molecule has 0 spiro atoms. The molecule has 0 aromatic carbocycles. The summed E-state index contributed by atoms with van der Waals surface area (Å²) >= 11 is 0. The molecule has 0 bridgehead atoms. The Morgan fingerprint density at radius 1 is 1.22 bits per heavy atom. The Morgan fingerprint density at radius 2 is 1.78 bits per heavy atom. The van der Waals surface area contributed by atoms with Crippen molar-refractivity contribution in [1.82, 2.24) is 5.32 Å². The maximum atomic E-state index is 11.1. The molecule has 1 fully saturated rings. The van der Waals surface area contributed by atoms with E-state index in [0.29, 0.717) is 12.6 Å². The molecule has 0 aromatic rings. The van der Waals surface area contributed by atoms with Gasteiger partial charge in [-0.3, -0.25) is 4.55 Å². The normalized spacial score (nSPS) is 20.9. The van der Waals surface area contributed by atoms with Crippen LogP contribution in [0.1, 0.15) is 52.9 Å². The molecule has 1 aliphatic rings. The molecule has 0 aliphatic heterocycles. The molecule has 4 nitrogen and oxygen atoms in total. The molecule has 1 atom stereocenters. The number of rotatable bonds is 5. The van der Waals surface area contributed by atoms with Crippen LogP contribution in [0.4, 0.5) is 0 Å². The minimum Gasteiger partial charge on any atom is -0.314 e. The molecule has 1 unspecified atom stereocenters. The van der Waals surface area contributed by atoms with Crippen LogP contribution >= 0.6 is 0 Å². The van der Waals surface area contributed by atoms with E-state index in [1.54, 1.807) is 0 Å². The molecule has 18 heavy (non-hydrogen) atoms. The summed E-state index contributed by atoms with van der Waals surface area (Å²) in [7, 11) is -3.90. The third-order valence-corrected chi connectivity index (χ3v) is 4.72. The molecule has 5 heteroatoms. The summed E-state index contributed by atoms with van der Waals surface area (Å²) in [6, 6.07) is 0.519. The van der Waals surface area contributed by atoms with Crippen molar-refractivity contribution in [3.8, 4) is 0 Å². The first-order valence-corrected chi connectivity index (χ1v) is 8.48. The first kappa shape index (κ1) is 15.9. The van der Waals surface area contributed by atoms with Gasteiger partial charge in [0.1, 0.15) is 0 Å². The zero-order valence-electron chi connectivity index (χ0n) is 11.8. The maximum Gasteiger partial charge on any atom is 0.265 e. The van der Waals surface area contributed by atoms with E-state index in [2.05, 4.69) is 5.32 Å². The monoisotopic (exact) mass is 277 g/mol. The summed E-state index contributed by atoms with van der Waals surface area (Å²) in [6.07, 6.45) is 6.20. The topological polar surface area (TPSA) is 66.4 Å². The Balaban J connectivity index is 2.51. The predicted octanol–water partition coefficient (Wildman–Crippen LogP) is 2.46. The van der Waals surface area contributed by atoms with Crippen LogP contribution in [-0.2, 0) is 10.1 Å². The molecular formula is C13H27NO3S. The van der Waals surface area contributed by atoms with E-state index in [9.17, 15) is 8.42 Å². The van der Waals surface area contributed by atoms with Crippen LogP contribution < -0.4 is 5.32 Å². The van der Waals surface area contributed by atoms with Gasteiger partial charge in [0.25, 0.3) is 10.1 Å². The Bertz CT molecular complexity index is 340. The molecule has 108 valence electrons. The summed E-state index contributed by atoms with van der Waals surface area (Å²) in [5.74, 6) is -0.217. The fraction of sp³-hybridized carbons (Fsp3) is 1.00. The lowest BCUT2D eigenvalue weighted by Gasteiger charge is -2.32. The van der Waals surface area contributed by atoms with Gasteiger partial charge in [0.15, 0.2) is 0 Å². The fourth-order valence-electron chi connectivity index (χ4n) is 2.48. The lowest BCUT2D eigenvalue weighted by Crippen LogP contribution is -2.41. The van der Waals surface area contributed by atoms with Crippen molar-refractivity contribution in [3.05, 3.63) is 0 Å². The molecular weight excluding hydrogens is 250 g/mol. The van der Waals surface area contributed by atoms with Gasteiger partial charge in [0.05, 0.1) is 5.75 Å². The zero-order valence-corrected chi connectivity index (χ0v) is 12.6. The van der Waals surface area contributed by atoms with Crippen LogP contribution in [0.5, 0.6) is 0 Å². The third-order valence-electron chi connectivity index (χ3n) is 3.89. The molecule has 0 radical (unpaired) electrons. The Kier molecular flexibility index (Phi) is 5.62. The average molecular weight is 277 g/mol. The SMILES string of the molecule is CC(C)(C)C(CNC1CCCCC1)CS(=O)(=O)O. The first-order valence-electron chi connectivity index (χ1n) is 6.87. The van der Waals surface area contributed by atoms with Crippen molar-refractivity contribution in [2.24, 2.45) is 11.3 Å². The van der Waals surface area contributed by atoms with Crippen LogP contribution in [0.15, 0.2) is 0 Å². The standard InChI is InChI=1S/C13H27NO3S/c1-13(2,3)11(10-18(15,16)17)9-14-12-7-5-4-6-8-12/h11-12,14H,4-10H2,1-3H3,(H,15,16,17). The van der Waals surface area contributed by atoms with Crippen molar-refractivity contribution in [2.45, 2.75) is 58.9 Å². The number of nitrogens with one attached hydrogen (secondary N) is 1. The van der Waals surface area contributed by atoms with Gasteiger partial charge in [-0.25, -0.2) is 0 Å². The minimum atomic E-state index is -3.90.